The van der Waals surface area contributed by atoms with Crippen LogP contribution in [0.15, 0.2) is 48.8 Å². The van der Waals surface area contributed by atoms with Crippen LogP contribution in [0.25, 0.3) is 17.1 Å². The summed E-state index contributed by atoms with van der Waals surface area (Å²) in [5.41, 5.74) is 6.83. The lowest BCUT2D eigenvalue weighted by molar-refractivity contribution is 0.273. The molecule has 2 aromatic carbocycles. The molecule has 0 amide bonds. The van der Waals surface area contributed by atoms with Crippen LogP contribution in [0.3, 0.4) is 0 Å². The van der Waals surface area contributed by atoms with Gasteiger partial charge >= 0.3 is 0 Å². The van der Waals surface area contributed by atoms with Crippen LogP contribution in [0, 0.1) is 5.82 Å². The number of nitrogens with zero attached hydrogens (tertiary/aromatic N) is 3. The third-order valence-corrected chi connectivity index (χ3v) is 3.20. The largest absolute Gasteiger partial charge is 0.491 e. The number of aromatic nitrogens is 3. The van der Waals surface area contributed by atoms with Gasteiger partial charge in [-0.1, -0.05) is 0 Å². The second kappa shape index (κ2) is 6.43. The lowest BCUT2D eigenvalue weighted by atomic mass is 10.2. The molecule has 0 atom stereocenters. The Morgan fingerprint density at radius 3 is 2.61 bits per heavy atom. The Balaban J connectivity index is 1.82. The lowest BCUT2D eigenvalue weighted by Crippen LogP contribution is -1.99. The molecule has 3 aromatic rings. The van der Waals surface area contributed by atoms with Gasteiger partial charge in [0.05, 0.1) is 11.4 Å². The van der Waals surface area contributed by atoms with Crippen LogP contribution in [0.2, 0.25) is 0 Å². The molecule has 0 aliphatic carbocycles. The zero-order chi connectivity index (χ0) is 16.2. The summed E-state index contributed by atoms with van der Waals surface area (Å²) in [6.07, 6.45) is 1.53. The van der Waals surface area contributed by atoms with E-state index in [1.54, 1.807) is 35.0 Å². The van der Waals surface area contributed by atoms with E-state index < -0.39 is 12.5 Å². The molecular weight excluding hydrogens is 302 g/mol. The predicted molar refractivity (Wildman–Crippen MR) is 82.6 cm³/mol. The summed E-state index contributed by atoms with van der Waals surface area (Å²) in [5.74, 6) is 0.460. The molecule has 5 nitrogen and oxygen atoms in total. The van der Waals surface area contributed by atoms with Crippen LogP contribution in [-0.4, -0.2) is 28.0 Å². The van der Waals surface area contributed by atoms with Crippen molar-refractivity contribution in [1.29, 1.82) is 0 Å². The summed E-state index contributed by atoms with van der Waals surface area (Å²) in [5, 5.41) is 4.31. The van der Waals surface area contributed by atoms with Crippen LogP contribution in [0.4, 0.5) is 14.5 Å². The number of anilines is 1. The van der Waals surface area contributed by atoms with Gasteiger partial charge in [-0.3, -0.25) is 0 Å². The van der Waals surface area contributed by atoms with E-state index in [4.69, 9.17) is 10.5 Å². The summed E-state index contributed by atoms with van der Waals surface area (Å²) in [6.45, 7) is -0.512. The van der Waals surface area contributed by atoms with Gasteiger partial charge in [-0.15, -0.1) is 5.10 Å². The second-order valence-corrected chi connectivity index (χ2v) is 4.78. The zero-order valence-electron chi connectivity index (χ0n) is 12.1. The number of ether oxygens (including phenoxy) is 1. The smallest absolute Gasteiger partial charge is 0.181 e. The molecule has 0 radical (unpaired) electrons. The summed E-state index contributed by atoms with van der Waals surface area (Å²) in [4.78, 5) is 4.17. The summed E-state index contributed by atoms with van der Waals surface area (Å²) >= 11 is 0. The summed E-state index contributed by atoms with van der Waals surface area (Å²) < 4.78 is 32.3. The topological polar surface area (TPSA) is 66.0 Å². The van der Waals surface area contributed by atoms with Gasteiger partial charge in [0, 0.05) is 5.56 Å². The molecule has 118 valence electrons. The zero-order valence-corrected chi connectivity index (χ0v) is 12.1. The van der Waals surface area contributed by atoms with Crippen molar-refractivity contribution in [3.63, 3.8) is 0 Å². The van der Waals surface area contributed by atoms with Crippen molar-refractivity contribution in [1.82, 2.24) is 14.8 Å². The first-order chi connectivity index (χ1) is 11.2. The van der Waals surface area contributed by atoms with Gasteiger partial charge in [-0.25, -0.2) is 18.4 Å². The maximum absolute atomic E-state index is 13.5. The van der Waals surface area contributed by atoms with Crippen LogP contribution in [0.1, 0.15) is 0 Å². The van der Waals surface area contributed by atoms with Gasteiger partial charge in [-0.05, 0) is 42.5 Å². The second-order valence-electron chi connectivity index (χ2n) is 4.78. The highest BCUT2D eigenvalue weighted by Crippen LogP contribution is 2.21. The standard InChI is InChI=1S/C16H14F2N4O/c17-7-8-23-13-4-2-12(3-5-13)22-10-20-16(21-22)11-1-6-15(19)14(18)9-11/h1-6,9-10H,7-8,19H2. The number of hydrogen-bond acceptors (Lipinski definition) is 4. The Kier molecular flexibility index (Phi) is 4.18. The molecule has 0 saturated heterocycles. The van der Waals surface area contributed by atoms with E-state index in [0.29, 0.717) is 17.1 Å². The highest BCUT2D eigenvalue weighted by atomic mass is 19.1. The van der Waals surface area contributed by atoms with Crippen molar-refractivity contribution in [2.75, 3.05) is 19.0 Å². The van der Waals surface area contributed by atoms with E-state index in [1.165, 1.54) is 18.5 Å². The normalized spacial score (nSPS) is 10.7. The number of halogens is 2. The van der Waals surface area contributed by atoms with Gasteiger partial charge in [0.15, 0.2) is 5.82 Å². The first kappa shape index (κ1) is 15.0. The molecule has 0 spiro atoms. The molecule has 7 heteroatoms. The SMILES string of the molecule is Nc1ccc(-c2ncn(-c3ccc(OCCF)cc3)n2)cc1F. The van der Waals surface area contributed by atoms with Crippen molar-refractivity contribution < 1.29 is 13.5 Å². The highest BCUT2D eigenvalue weighted by molar-refractivity contribution is 5.59. The summed E-state index contributed by atoms with van der Waals surface area (Å²) in [6, 6.07) is 11.4. The third-order valence-electron chi connectivity index (χ3n) is 3.20. The molecule has 0 aliphatic heterocycles. The minimum Gasteiger partial charge on any atom is -0.491 e. The van der Waals surface area contributed by atoms with E-state index in [0.717, 1.165) is 5.69 Å². The molecule has 0 bridgehead atoms. The molecule has 0 unspecified atom stereocenters. The predicted octanol–water partition coefficient (Wildman–Crippen LogP) is 3.00. The van der Waals surface area contributed by atoms with Gasteiger partial charge in [0.2, 0.25) is 0 Å². The van der Waals surface area contributed by atoms with Crippen molar-refractivity contribution in [2.45, 2.75) is 0 Å². The van der Waals surface area contributed by atoms with E-state index in [-0.39, 0.29) is 12.3 Å². The van der Waals surface area contributed by atoms with Gasteiger partial charge in [0.1, 0.15) is 31.2 Å². The average molecular weight is 316 g/mol. The fraction of sp³-hybridized carbons (Fsp3) is 0.125. The third kappa shape index (κ3) is 3.28. The number of hydrogen-bond donors (Lipinski definition) is 1. The molecule has 23 heavy (non-hydrogen) atoms. The van der Waals surface area contributed by atoms with Crippen LogP contribution < -0.4 is 10.5 Å². The van der Waals surface area contributed by atoms with Crippen molar-refractivity contribution in [2.24, 2.45) is 0 Å². The van der Waals surface area contributed by atoms with E-state index in [1.807, 2.05) is 0 Å². The Morgan fingerprint density at radius 1 is 1.13 bits per heavy atom. The number of nitrogen functional groups attached to an aromatic ring is 1. The van der Waals surface area contributed by atoms with E-state index in [9.17, 15) is 8.78 Å². The number of alkyl halides is 1. The maximum Gasteiger partial charge on any atom is 0.181 e. The van der Waals surface area contributed by atoms with Gasteiger partial charge < -0.3 is 10.5 Å². The highest BCUT2D eigenvalue weighted by Gasteiger charge is 2.08. The lowest BCUT2D eigenvalue weighted by Gasteiger charge is -2.05. The Bertz CT molecular complexity index is 802. The maximum atomic E-state index is 13.5. The molecular formula is C16H14F2N4O. The average Bonchev–Trinajstić information content (AvgIpc) is 3.06. The Hall–Kier alpha value is -2.96. The van der Waals surface area contributed by atoms with E-state index >= 15 is 0 Å². The molecule has 3 rings (SSSR count). The first-order valence-electron chi connectivity index (χ1n) is 6.93. The van der Waals surface area contributed by atoms with Crippen molar-refractivity contribution >= 4 is 5.69 Å². The molecule has 0 saturated carbocycles. The minimum absolute atomic E-state index is 0.0233. The number of nitrogens with two attached hydrogens (primary N) is 1. The van der Waals surface area contributed by atoms with Crippen molar-refractivity contribution in [3.05, 3.63) is 54.6 Å². The fourth-order valence-corrected chi connectivity index (χ4v) is 2.04. The minimum atomic E-state index is -0.535. The molecule has 1 aromatic heterocycles. The monoisotopic (exact) mass is 316 g/mol. The van der Waals surface area contributed by atoms with Crippen LogP contribution >= 0.6 is 0 Å². The summed E-state index contributed by atoms with van der Waals surface area (Å²) in [7, 11) is 0. The number of rotatable bonds is 5. The number of benzene rings is 2. The quantitative estimate of drug-likeness (QED) is 0.735. The van der Waals surface area contributed by atoms with Gasteiger partial charge in [0.25, 0.3) is 0 Å². The van der Waals surface area contributed by atoms with Crippen LogP contribution in [0.5, 0.6) is 5.75 Å². The van der Waals surface area contributed by atoms with Gasteiger partial charge in [-0.2, -0.15) is 0 Å². The fourth-order valence-electron chi connectivity index (χ4n) is 2.04. The molecule has 0 aliphatic rings. The molecule has 1 heterocycles. The Labute approximate surface area is 131 Å². The van der Waals surface area contributed by atoms with E-state index in [2.05, 4.69) is 10.1 Å². The molecule has 2 N–H and O–H groups in total. The molecule has 0 fully saturated rings. The van der Waals surface area contributed by atoms with Crippen LogP contribution in [-0.2, 0) is 0 Å². The van der Waals surface area contributed by atoms with Crippen molar-refractivity contribution in [3.8, 4) is 22.8 Å². The first-order valence-corrected chi connectivity index (χ1v) is 6.93. The Morgan fingerprint density at radius 2 is 1.91 bits per heavy atom.